The summed E-state index contributed by atoms with van der Waals surface area (Å²) in [7, 11) is 0. The van der Waals surface area contributed by atoms with E-state index in [0.717, 1.165) is 11.8 Å². The lowest BCUT2D eigenvalue weighted by atomic mass is 10.3. The minimum Gasteiger partial charge on any atom is -0.507 e. The standard InChI is InChI=1S/C7H6N2OS/c8-4-11-7-2-1-5(9)3-6(7)10/h1-3,10H,9H2. The number of nitriles is 1. The first-order valence-corrected chi connectivity index (χ1v) is 3.70. The topological polar surface area (TPSA) is 70.0 Å². The Balaban J connectivity index is 3.01. The van der Waals surface area contributed by atoms with Gasteiger partial charge in [-0.3, -0.25) is 0 Å². The highest BCUT2D eigenvalue weighted by Gasteiger charge is 2.00. The van der Waals surface area contributed by atoms with Crippen molar-refractivity contribution in [2.75, 3.05) is 5.73 Å². The summed E-state index contributed by atoms with van der Waals surface area (Å²) in [5.41, 5.74) is 5.86. The lowest BCUT2D eigenvalue weighted by Gasteiger charge is -1.98. The van der Waals surface area contributed by atoms with Crippen LogP contribution in [-0.4, -0.2) is 5.11 Å². The second-order valence-corrected chi connectivity index (χ2v) is 2.75. The van der Waals surface area contributed by atoms with Crippen LogP contribution in [0.5, 0.6) is 5.75 Å². The second-order valence-electron chi connectivity index (χ2n) is 1.92. The Labute approximate surface area is 68.4 Å². The fourth-order valence-corrected chi connectivity index (χ4v) is 1.07. The number of phenolic OH excluding ortho intramolecular Hbond substituents is 1. The van der Waals surface area contributed by atoms with Gasteiger partial charge in [-0.05, 0) is 23.9 Å². The number of thioether (sulfide) groups is 1. The van der Waals surface area contributed by atoms with Crippen molar-refractivity contribution >= 4 is 17.4 Å². The van der Waals surface area contributed by atoms with Crippen molar-refractivity contribution < 1.29 is 5.11 Å². The molecule has 4 heteroatoms. The van der Waals surface area contributed by atoms with Gasteiger partial charge >= 0.3 is 0 Å². The molecule has 56 valence electrons. The zero-order valence-electron chi connectivity index (χ0n) is 5.61. The number of nitrogens with zero attached hydrogens (tertiary/aromatic N) is 1. The molecule has 0 atom stereocenters. The Morgan fingerprint density at radius 2 is 2.27 bits per heavy atom. The van der Waals surface area contributed by atoms with Crippen molar-refractivity contribution in [3.8, 4) is 11.2 Å². The number of anilines is 1. The van der Waals surface area contributed by atoms with Gasteiger partial charge in [0.1, 0.15) is 11.2 Å². The zero-order valence-corrected chi connectivity index (χ0v) is 6.43. The fourth-order valence-electron chi connectivity index (χ4n) is 0.670. The highest BCUT2D eigenvalue weighted by molar-refractivity contribution is 8.03. The molecule has 0 radical (unpaired) electrons. The number of thiocyanates is 1. The van der Waals surface area contributed by atoms with E-state index in [1.165, 1.54) is 6.07 Å². The van der Waals surface area contributed by atoms with Gasteiger partial charge in [-0.2, -0.15) is 5.26 Å². The number of rotatable bonds is 1. The van der Waals surface area contributed by atoms with Crippen LogP contribution in [-0.2, 0) is 0 Å². The average molecular weight is 166 g/mol. The minimum absolute atomic E-state index is 0.0524. The van der Waals surface area contributed by atoms with Gasteiger partial charge in [-0.25, -0.2) is 0 Å². The monoisotopic (exact) mass is 166 g/mol. The van der Waals surface area contributed by atoms with E-state index in [2.05, 4.69) is 0 Å². The third kappa shape index (κ3) is 1.79. The van der Waals surface area contributed by atoms with E-state index >= 15 is 0 Å². The van der Waals surface area contributed by atoms with Gasteiger partial charge in [0.15, 0.2) is 0 Å². The highest BCUT2D eigenvalue weighted by Crippen LogP contribution is 2.28. The van der Waals surface area contributed by atoms with Crippen molar-refractivity contribution in [2.45, 2.75) is 4.90 Å². The summed E-state index contributed by atoms with van der Waals surface area (Å²) < 4.78 is 0. The summed E-state index contributed by atoms with van der Waals surface area (Å²) in [5, 5.41) is 19.3. The summed E-state index contributed by atoms with van der Waals surface area (Å²) in [6.45, 7) is 0. The van der Waals surface area contributed by atoms with Gasteiger partial charge in [0.05, 0.1) is 4.90 Å². The zero-order chi connectivity index (χ0) is 8.27. The van der Waals surface area contributed by atoms with Crippen molar-refractivity contribution in [1.29, 1.82) is 5.26 Å². The van der Waals surface area contributed by atoms with Crippen molar-refractivity contribution in [1.82, 2.24) is 0 Å². The summed E-state index contributed by atoms with van der Waals surface area (Å²) in [5.74, 6) is 0.0524. The molecule has 0 aliphatic carbocycles. The number of nitrogen functional groups attached to an aromatic ring is 1. The molecule has 0 aromatic heterocycles. The van der Waals surface area contributed by atoms with Crippen LogP contribution in [0.4, 0.5) is 5.69 Å². The molecule has 0 heterocycles. The van der Waals surface area contributed by atoms with Gasteiger partial charge in [-0.1, -0.05) is 0 Å². The molecule has 3 nitrogen and oxygen atoms in total. The van der Waals surface area contributed by atoms with Crippen molar-refractivity contribution in [2.24, 2.45) is 0 Å². The molecule has 0 aliphatic heterocycles. The van der Waals surface area contributed by atoms with Gasteiger partial charge in [0.25, 0.3) is 0 Å². The van der Waals surface area contributed by atoms with Gasteiger partial charge in [0, 0.05) is 11.8 Å². The predicted octanol–water partition coefficient (Wildman–Crippen LogP) is 1.55. The van der Waals surface area contributed by atoms with Crippen LogP contribution < -0.4 is 5.73 Å². The minimum atomic E-state index is 0.0524. The number of hydrogen-bond acceptors (Lipinski definition) is 4. The molecule has 0 saturated heterocycles. The molecule has 0 aliphatic rings. The number of benzene rings is 1. The van der Waals surface area contributed by atoms with E-state index < -0.39 is 0 Å². The Hall–Kier alpha value is -1.34. The molecule has 0 amide bonds. The fraction of sp³-hybridized carbons (Fsp3) is 0. The largest absolute Gasteiger partial charge is 0.507 e. The molecular weight excluding hydrogens is 160 g/mol. The Kier molecular flexibility index (Phi) is 2.24. The predicted molar refractivity (Wildman–Crippen MR) is 44.0 cm³/mol. The number of phenols is 1. The molecule has 0 saturated carbocycles. The van der Waals surface area contributed by atoms with E-state index in [0.29, 0.717) is 10.6 Å². The van der Waals surface area contributed by atoms with Crippen LogP contribution in [0.1, 0.15) is 0 Å². The molecule has 0 fully saturated rings. The van der Waals surface area contributed by atoms with E-state index in [1.807, 2.05) is 5.40 Å². The quantitative estimate of drug-likeness (QED) is 0.377. The Bertz CT molecular complexity index is 306. The molecule has 0 spiro atoms. The van der Waals surface area contributed by atoms with Gasteiger partial charge < -0.3 is 10.8 Å². The van der Waals surface area contributed by atoms with Gasteiger partial charge in [0.2, 0.25) is 0 Å². The average Bonchev–Trinajstić information content (AvgIpc) is 1.95. The molecule has 3 N–H and O–H groups in total. The van der Waals surface area contributed by atoms with Crippen LogP contribution in [0.3, 0.4) is 0 Å². The van der Waals surface area contributed by atoms with Crippen LogP contribution in [0.15, 0.2) is 23.1 Å². The van der Waals surface area contributed by atoms with Crippen LogP contribution in [0, 0.1) is 10.7 Å². The first-order valence-electron chi connectivity index (χ1n) is 2.88. The van der Waals surface area contributed by atoms with E-state index in [4.69, 9.17) is 11.0 Å². The number of nitrogens with two attached hydrogens (primary N) is 1. The van der Waals surface area contributed by atoms with Gasteiger partial charge in [-0.15, -0.1) is 0 Å². The molecule has 1 aromatic rings. The normalized spacial score (nSPS) is 9.00. The van der Waals surface area contributed by atoms with E-state index in [9.17, 15) is 5.11 Å². The molecule has 1 aromatic carbocycles. The Morgan fingerprint density at radius 1 is 1.55 bits per heavy atom. The maximum Gasteiger partial charge on any atom is 0.138 e. The molecule has 11 heavy (non-hydrogen) atoms. The molecule has 0 unspecified atom stereocenters. The van der Waals surface area contributed by atoms with Crippen LogP contribution >= 0.6 is 11.8 Å². The van der Waals surface area contributed by atoms with E-state index in [1.54, 1.807) is 12.1 Å². The molecule has 0 bridgehead atoms. The highest BCUT2D eigenvalue weighted by atomic mass is 32.2. The summed E-state index contributed by atoms with van der Waals surface area (Å²) in [6, 6.07) is 4.66. The smallest absolute Gasteiger partial charge is 0.138 e. The van der Waals surface area contributed by atoms with E-state index in [-0.39, 0.29) is 5.75 Å². The second kappa shape index (κ2) is 3.17. The lowest BCUT2D eigenvalue weighted by Crippen LogP contribution is -1.83. The van der Waals surface area contributed by atoms with Crippen molar-refractivity contribution in [3.05, 3.63) is 18.2 Å². The van der Waals surface area contributed by atoms with Crippen LogP contribution in [0.25, 0.3) is 0 Å². The number of hydrogen-bond donors (Lipinski definition) is 2. The molecule has 1 rings (SSSR count). The SMILES string of the molecule is N#CSc1ccc(N)cc1O. The maximum atomic E-state index is 9.17. The summed E-state index contributed by atoms with van der Waals surface area (Å²) in [6.07, 6.45) is 0. The van der Waals surface area contributed by atoms with Crippen LogP contribution in [0.2, 0.25) is 0 Å². The first kappa shape index (κ1) is 7.76. The number of aromatic hydroxyl groups is 1. The third-order valence-electron chi connectivity index (χ3n) is 1.14. The lowest BCUT2D eigenvalue weighted by molar-refractivity contribution is 0.463. The maximum absolute atomic E-state index is 9.17. The third-order valence-corrected chi connectivity index (χ3v) is 1.80. The summed E-state index contributed by atoms with van der Waals surface area (Å²) in [4.78, 5) is 0.529. The molecular formula is C7H6N2OS. The Morgan fingerprint density at radius 3 is 2.82 bits per heavy atom. The summed E-state index contributed by atoms with van der Waals surface area (Å²) >= 11 is 0.911. The van der Waals surface area contributed by atoms with Crippen molar-refractivity contribution in [3.63, 3.8) is 0 Å². The first-order chi connectivity index (χ1) is 5.24.